The summed E-state index contributed by atoms with van der Waals surface area (Å²) in [4.78, 5) is 4.37. The zero-order valence-corrected chi connectivity index (χ0v) is 11.3. The molecule has 0 aromatic carbocycles. The van der Waals surface area contributed by atoms with Crippen LogP contribution in [0, 0.1) is 5.92 Å². The van der Waals surface area contributed by atoms with Crippen LogP contribution in [0.4, 0.5) is 0 Å². The molecule has 0 spiro atoms. The van der Waals surface area contributed by atoms with Gasteiger partial charge in [0.25, 0.3) is 0 Å². The second kappa shape index (κ2) is 5.63. The van der Waals surface area contributed by atoms with Crippen LogP contribution in [-0.2, 0) is 19.4 Å². The Balaban J connectivity index is 1.53. The molecule has 0 unspecified atom stereocenters. The van der Waals surface area contributed by atoms with E-state index in [1.165, 1.54) is 37.7 Å². The van der Waals surface area contributed by atoms with Crippen molar-refractivity contribution < 1.29 is 4.52 Å². The van der Waals surface area contributed by atoms with E-state index >= 15 is 0 Å². The number of nitrogens with one attached hydrogen (secondary N) is 1. The number of aryl methyl sites for hydroxylation is 1. The van der Waals surface area contributed by atoms with Crippen molar-refractivity contribution in [2.75, 3.05) is 6.54 Å². The van der Waals surface area contributed by atoms with Crippen molar-refractivity contribution in [3.05, 3.63) is 17.0 Å². The third kappa shape index (κ3) is 2.91. The number of aliphatic imine (C=N–C) groups is 1. The number of nitrogens with two attached hydrogens (primary N) is 1. The largest absolute Gasteiger partial charge is 0.370 e. The van der Waals surface area contributed by atoms with Gasteiger partial charge in [-0.1, -0.05) is 11.6 Å². The SMILES string of the molecule is NC(=NCc1noc2c1CCCC2)NCC1CCC1. The number of nitrogens with zero attached hydrogens (tertiary/aromatic N) is 2. The molecule has 0 aliphatic heterocycles. The van der Waals surface area contributed by atoms with E-state index in [0.717, 1.165) is 36.8 Å². The number of hydrogen-bond acceptors (Lipinski definition) is 3. The quantitative estimate of drug-likeness (QED) is 0.640. The van der Waals surface area contributed by atoms with Gasteiger partial charge in [0.1, 0.15) is 11.5 Å². The van der Waals surface area contributed by atoms with Crippen LogP contribution in [0.25, 0.3) is 0 Å². The highest BCUT2D eigenvalue weighted by Gasteiger charge is 2.19. The predicted octanol–water partition coefficient (Wildman–Crippen LogP) is 1.76. The van der Waals surface area contributed by atoms with Gasteiger partial charge in [-0.15, -0.1) is 0 Å². The predicted molar refractivity (Wildman–Crippen MR) is 73.8 cm³/mol. The fourth-order valence-electron chi connectivity index (χ4n) is 2.73. The Morgan fingerprint density at radius 3 is 2.95 bits per heavy atom. The van der Waals surface area contributed by atoms with E-state index in [0.29, 0.717) is 12.5 Å². The standard InChI is InChI=1S/C14H22N4O/c15-14(16-8-10-4-3-5-10)17-9-12-11-6-1-2-7-13(11)19-18-12/h10H,1-9H2,(H3,15,16,17). The summed E-state index contributed by atoms with van der Waals surface area (Å²) in [6.45, 7) is 1.48. The van der Waals surface area contributed by atoms with Gasteiger partial charge in [0.15, 0.2) is 5.96 Å². The molecule has 19 heavy (non-hydrogen) atoms. The highest BCUT2D eigenvalue weighted by molar-refractivity contribution is 5.77. The first kappa shape index (κ1) is 12.5. The van der Waals surface area contributed by atoms with E-state index in [1.54, 1.807) is 0 Å². The minimum atomic E-state index is 0.527. The molecule has 0 bridgehead atoms. The lowest BCUT2D eigenvalue weighted by molar-refractivity contribution is 0.315. The fraction of sp³-hybridized carbons (Fsp3) is 0.714. The lowest BCUT2D eigenvalue weighted by Crippen LogP contribution is -2.37. The Morgan fingerprint density at radius 2 is 2.16 bits per heavy atom. The highest BCUT2D eigenvalue weighted by Crippen LogP contribution is 2.25. The maximum Gasteiger partial charge on any atom is 0.188 e. The van der Waals surface area contributed by atoms with Crippen molar-refractivity contribution in [1.82, 2.24) is 10.5 Å². The lowest BCUT2D eigenvalue weighted by atomic mass is 9.85. The van der Waals surface area contributed by atoms with Crippen molar-refractivity contribution in [1.29, 1.82) is 0 Å². The topological polar surface area (TPSA) is 76.4 Å². The van der Waals surface area contributed by atoms with Gasteiger partial charge >= 0.3 is 0 Å². The van der Waals surface area contributed by atoms with Gasteiger partial charge in [-0.05, 0) is 38.0 Å². The Hall–Kier alpha value is -1.52. The van der Waals surface area contributed by atoms with Gasteiger partial charge in [0.2, 0.25) is 0 Å². The van der Waals surface area contributed by atoms with Crippen molar-refractivity contribution in [3.63, 3.8) is 0 Å². The first-order chi connectivity index (χ1) is 9.33. The summed E-state index contributed by atoms with van der Waals surface area (Å²) in [5, 5.41) is 7.32. The second-order valence-electron chi connectivity index (χ2n) is 5.62. The van der Waals surface area contributed by atoms with Gasteiger partial charge in [-0.2, -0.15) is 0 Å². The highest BCUT2D eigenvalue weighted by atomic mass is 16.5. The molecule has 5 nitrogen and oxygen atoms in total. The third-order valence-electron chi connectivity index (χ3n) is 4.23. The number of hydrogen-bond donors (Lipinski definition) is 2. The number of fused-ring (bicyclic) bond motifs is 1. The van der Waals surface area contributed by atoms with E-state index in [9.17, 15) is 0 Å². The number of aromatic nitrogens is 1. The molecule has 1 aromatic heterocycles. The Kier molecular flexibility index (Phi) is 3.71. The van der Waals surface area contributed by atoms with Crippen LogP contribution in [0.3, 0.4) is 0 Å². The third-order valence-corrected chi connectivity index (χ3v) is 4.23. The average Bonchev–Trinajstić information content (AvgIpc) is 2.78. The number of rotatable bonds is 4. The minimum Gasteiger partial charge on any atom is -0.370 e. The maximum atomic E-state index is 5.87. The molecule has 2 aliphatic rings. The molecule has 0 saturated heterocycles. The van der Waals surface area contributed by atoms with E-state index in [1.807, 2.05) is 0 Å². The minimum absolute atomic E-state index is 0.527. The van der Waals surface area contributed by atoms with Crippen LogP contribution >= 0.6 is 0 Å². The summed E-state index contributed by atoms with van der Waals surface area (Å²) >= 11 is 0. The van der Waals surface area contributed by atoms with Crippen molar-refractivity contribution >= 4 is 5.96 Å². The summed E-state index contributed by atoms with van der Waals surface area (Å²) in [6, 6.07) is 0. The summed E-state index contributed by atoms with van der Waals surface area (Å²) in [5.74, 6) is 2.37. The smallest absolute Gasteiger partial charge is 0.188 e. The van der Waals surface area contributed by atoms with Gasteiger partial charge in [-0.25, -0.2) is 4.99 Å². The molecule has 3 N–H and O–H groups in total. The van der Waals surface area contributed by atoms with E-state index < -0.39 is 0 Å². The maximum absolute atomic E-state index is 5.87. The van der Waals surface area contributed by atoms with Crippen LogP contribution < -0.4 is 11.1 Å². The van der Waals surface area contributed by atoms with Crippen molar-refractivity contribution in [2.24, 2.45) is 16.6 Å². The molecule has 104 valence electrons. The molecule has 2 aliphatic carbocycles. The zero-order valence-electron chi connectivity index (χ0n) is 11.3. The molecular weight excluding hydrogens is 240 g/mol. The molecule has 1 heterocycles. The molecule has 0 amide bonds. The Labute approximate surface area is 113 Å². The molecular formula is C14H22N4O. The van der Waals surface area contributed by atoms with Crippen LogP contribution in [-0.4, -0.2) is 17.7 Å². The molecule has 1 fully saturated rings. The Morgan fingerprint density at radius 1 is 1.32 bits per heavy atom. The van der Waals surface area contributed by atoms with Crippen LogP contribution in [0.15, 0.2) is 9.52 Å². The van der Waals surface area contributed by atoms with E-state index in [-0.39, 0.29) is 0 Å². The summed E-state index contributed by atoms with van der Waals surface area (Å²) in [6.07, 6.45) is 8.50. The van der Waals surface area contributed by atoms with Gasteiger partial charge in [0.05, 0.1) is 6.54 Å². The fourth-order valence-corrected chi connectivity index (χ4v) is 2.73. The molecule has 1 aromatic rings. The van der Waals surface area contributed by atoms with Crippen LogP contribution in [0.5, 0.6) is 0 Å². The van der Waals surface area contributed by atoms with Gasteiger partial charge in [-0.3, -0.25) is 0 Å². The first-order valence-electron chi connectivity index (χ1n) is 7.33. The zero-order chi connectivity index (χ0) is 13.1. The summed E-state index contributed by atoms with van der Waals surface area (Å²) < 4.78 is 5.36. The molecule has 1 saturated carbocycles. The van der Waals surface area contributed by atoms with Gasteiger partial charge in [0, 0.05) is 18.5 Å². The van der Waals surface area contributed by atoms with Crippen LogP contribution in [0.1, 0.15) is 49.1 Å². The summed E-state index contributed by atoms with van der Waals surface area (Å²) in [7, 11) is 0. The van der Waals surface area contributed by atoms with Crippen molar-refractivity contribution in [2.45, 2.75) is 51.5 Å². The van der Waals surface area contributed by atoms with Crippen molar-refractivity contribution in [3.8, 4) is 0 Å². The van der Waals surface area contributed by atoms with Gasteiger partial charge < -0.3 is 15.6 Å². The molecule has 0 radical (unpaired) electrons. The first-order valence-corrected chi connectivity index (χ1v) is 7.33. The normalized spacial score (nSPS) is 19.9. The van der Waals surface area contributed by atoms with E-state index in [4.69, 9.17) is 10.3 Å². The number of guanidine groups is 1. The Bertz CT molecular complexity index is 462. The van der Waals surface area contributed by atoms with Crippen LogP contribution in [0.2, 0.25) is 0 Å². The second-order valence-corrected chi connectivity index (χ2v) is 5.62. The molecule has 5 heteroatoms. The average molecular weight is 262 g/mol. The monoisotopic (exact) mass is 262 g/mol. The lowest BCUT2D eigenvalue weighted by Gasteiger charge is -2.25. The molecule has 0 atom stereocenters. The summed E-state index contributed by atoms with van der Waals surface area (Å²) in [5.41, 5.74) is 8.10. The molecule has 3 rings (SSSR count). The van der Waals surface area contributed by atoms with E-state index in [2.05, 4.69) is 15.5 Å².